The van der Waals surface area contributed by atoms with Crippen molar-refractivity contribution in [2.75, 3.05) is 4.90 Å². The monoisotopic (exact) mass is 726 g/mol. The highest BCUT2D eigenvalue weighted by Crippen LogP contribution is 2.51. The third-order valence-electron chi connectivity index (χ3n) is 12.6. The van der Waals surface area contributed by atoms with E-state index in [1.807, 2.05) is 0 Å². The highest BCUT2D eigenvalue weighted by atomic mass is 15.1. The summed E-state index contributed by atoms with van der Waals surface area (Å²) in [5.74, 6) is 0.325. The Labute approximate surface area is 331 Å². The molecule has 0 bridgehead atoms. The number of benzene rings is 9. The Hall–Kier alpha value is -7.16. The van der Waals surface area contributed by atoms with Gasteiger partial charge in [0.25, 0.3) is 0 Å². The van der Waals surface area contributed by atoms with Gasteiger partial charge in [-0.1, -0.05) is 151 Å². The molecule has 0 spiro atoms. The second kappa shape index (κ2) is 12.4. The molecule has 0 aliphatic heterocycles. The van der Waals surface area contributed by atoms with Crippen molar-refractivity contribution in [3.63, 3.8) is 0 Å². The Morgan fingerprint density at radius 2 is 1.02 bits per heavy atom. The van der Waals surface area contributed by atoms with Crippen LogP contribution in [-0.4, -0.2) is 4.57 Å². The molecule has 9 aromatic carbocycles. The van der Waals surface area contributed by atoms with Gasteiger partial charge >= 0.3 is 0 Å². The maximum atomic E-state index is 2.48. The van der Waals surface area contributed by atoms with Gasteiger partial charge in [-0.3, -0.25) is 0 Å². The number of anilines is 2. The third kappa shape index (κ3) is 4.84. The van der Waals surface area contributed by atoms with E-state index >= 15 is 0 Å². The quantitative estimate of drug-likeness (QED) is 0.164. The number of aromatic nitrogens is 1. The van der Waals surface area contributed by atoms with Gasteiger partial charge in [0.1, 0.15) is 0 Å². The lowest BCUT2D eigenvalue weighted by Gasteiger charge is -2.35. The van der Waals surface area contributed by atoms with Crippen LogP contribution >= 0.6 is 0 Å². The fourth-order valence-corrected chi connectivity index (χ4v) is 9.97. The lowest BCUT2D eigenvalue weighted by atomic mass is 9.72. The van der Waals surface area contributed by atoms with Gasteiger partial charge < -0.3 is 9.47 Å². The molecule has 0 N–H and O–H groups in total. The molecule has 1 atom stereocenters. The predicted octanol–water partition coefficient (Wildman–Crippen LogP) is 14.8. The molecule has 0 fully saturated rings. The number of fused-ring (bicyclic) bond motifs is 15. The molecule has 268 valence electrons. The number of rotatable bonds is 4. The fourth-order valence-electron chi connectivity index (χ4n) is 9.97. The molecule has 0 saturated heterocycles. The van der Waals surface area contributed by atoms with E-state index in [-0.39, 0.29) is 0 Å². The zero-order valence-electron chi connectivity index (χ0n) is 31.7. The average Bonchev–Trinajstić information content (AvgIpc) is 3.61. The first kappa shape index (κ1) is 32.1. The summed E-state index contributed by atoms with van der Waals surface area (Å²) < 4.78 is 2.48. The normalized spacial score (nSPS) is 14.7. The van der Waals surface area contributed by atoms with E-state index in [0.29, 0.717) is 5.92 Å². The maximum Gasteiger partial charge on any atom is 0.0561 e. The van der Waals surface area contributed by atoms with Crippen molar-refractivity contribution in [2.45, 2.75) is 19.3 Å². The zero-order chi connectivity index (χ0) is 37.6. The summed E-state index contributed by atoms with van der Waals surface area (Å²) in [5.41, 5.74) is 15.1. The first-order valence-corrected chi connectivity index (χ1v) is 20.0. The van der Waals surface area contributed by atoms with Crippen molar-refractivity contribution in [3.05, 3.63) is 217 Å². The second-order valence-corrected chi connectivity index (χ2v) is 15.7. The van der Waals surface area contributed by atoms with Gasteiger partial charge in [0.05, 0.1) is 11.0 Å². The number of hydrogen-bond donors (Lipinski definition) is 0. The molecule has 10 aromatic rings. The lowest BCUT2D eigenvalue weighted by Crippen LogP contribution is -2.20. The third-order valence-corrected chi connectivity index (χ3v) is 12.6. The molecule has 0 saturated carbocycles. The van der Waals surface area contributed by atoms with Gasteiger partial charge in [-0.2, -0.15) is 0 Å². The highest BCUT2D eigenvalue weighted by Gasteiger charge is 2.31. The van der Waals surface area contributed by atoms with Gasteiger partial charge in [0, 0.05) is 39.4 Å². The number of aryl methyl sites for hydroxylation is 1. The summed E-state index contributed by atoms with van der Waals surface area (Å²) in [4.78, 5) is 2.47. The van der Waals surface area contributed by atoms with Crippen molar-refractivity contribution < 1.29 is 0 Å². The molecule has 1 aromatic heterocycles. The highest BCUT2D eigenvalue weighted by molar-refractivity contribution is 6.25. The SMILES string of the molecule is Cc1ccc(N(C2=CCC3C(=C2)c2ccccc2-c2ccccc23)c2ccc3c4ccccc4n(-c4ccc5c6ccccc6c6ccccc6c5c4)c3c2)cc1. The summed E-state index contributed by atoms with van der Waals surface area (Å²) in [6.07, 6.45) is 5.86. The van der Waals surface area contributed by atoms with E-state index in [0.717, 1.165) is 23.5 Å². The summed E-state index contributed by atoms with van der Waals surface area (Å²) in [6.45, 7) is 2.16. The van der Waals surface area contributed by atoms with Crippen LogP contribution in [0.2, 0.25) is 0 Å². The zero-order valence-corrected chi connectivity index (χ0v) is 31.7. The van der Waals surface area contributed by atoms with Crippen molar-refractivity contribution in [2.24, 2.45) is 0 Å². The number of nitrogens with zero attached hydrogens (tertiary/aromatic N) is 2. The van der Waals surface area contributed by atoms with E-state index in [1.165, 1.54) is 93.2 Å². The van der Waals surface area contributed by atoms with Crippen LogP contribution in [0.3, 0.4) is 0 Å². The summed E-state index contributed by atoms with van der Waals surface area (Å²) in [7, 11) is 0. The van der Waals surface area contributed by atoms with Crippen LogP contribution < -0.4 is 4.90 Å². The molecular formula is C55H38N2. The summed E-state index contributed by atoms with van der Waals surface area (Å²) in [5, 5.41) is 10.2. The second-order valence-electron chi connectivity index (χ2n) is 15.7. The van der Waals surface area contributed by atoms with E-state index in [1.54, 1.807) is 0 Å². The Morgan fingerprint density at radius 1 is 0.456 bits per heavy atom. The standard InChI is InChI=1S/C55H38N2/c1-35-22-24-36(25-23-35)56(37-26-29-48-44-16-4-2-12-40(44)42-14-6-8-18-46(42)52(48)32-37)39-28-31-51-50-20-10-11-21-54(50)57(55(51)34-39)38-27-30-49-45-17-5-3-13-41(45)43-15-7-9-19-47(43)53(49)33-38/h2-28,30-34,48H,29H2,1H3. The largest absolute Gasteiger partial charge is 0.311 e. The van der Waals surface area contributed by atoms with Gasteiger partial charge in [-0.25, -0.2) is 0 Å². The fraction of sp³-hybridized carbons (Fsp3) is 0.0545. The minimum Gasteiger partial charge on any atom is -0.311 e. The van der Waals surface area contributed by atoms with Gasteiger partial charge in [0.2, 0.25) is 0 Å². The van der Waals surface area contributed by atoms with E-state index in [4.69, 9.17) is 0 Å². The Morgan fingerprint density at radius 3 is 1.77 bits per heavy atom. The van der Waals surface area contributed by atoms with Crippen LogP contribution in [0.25, 0.3) is 76.5 Å². The van der Waals surface area contributed by atoms with Gasteiger partial charge in [-0.15, -0.1) is 0 Å². The molecule has 2 aliphatic carbocycles. The van der Waals surface area contributed by atoms with Crippen molar-refractivity contribution in [1.29, 1.82) is 0 Å². The smallest absolute Gasteiger partial charge is 0.0561 e. The van der Waals surface area contributed by atoms with Crippen LogP contribution in [0.15, 0.2) is 200 Å². The molecule has 2 aliphatic rings. The molecule has 12 rings (SSSR count). The van der Waals surface area contributed by atoms with Crippen molar-refractivity contribution in [1.82, 2.24) is 4.57 Å². The summed E-state index contributed by atoms with van der Waals surface area (Å²) >= 11 is 0. The van der Waals surface area contributed by atoms with Crippen LogP contribution in [0.1, 0.15) is 29.0 Å². The molecule has 1 heterocycles. The number of para-hydroxylation sites is 1. The Balaban J connectivity index is 1.08. The first-order chi connectivity index (χ1) is 28.2. The molecular weight excluding hydrogens is 689 g/mol. The molecule has 1 unspecified atom stereocenters. The Bertz CT molecular complexity index is 3300. The number of hydrogen-bond acceptors (Lipinski definition) is 1. The lowest BCUT2D eigenvalue weighted by molar-refractivity contribution is 0.854. The molecule has 0 amide bonds. The van der Waals surface area contributed by atoms with Crippen molar-refractivity contribution >= 4 is 71.1 Å². The van der Waals surface area contributed by atoms with Crippen molar-refractivity contribution in [3.8, 4) is 16.8 Å². The van der Waals surface area contributed by atoms with E-state index < -0.39 is 0 Å². The minimum atomic E-state index is 0.325. The Kier molecular flexibility index (Phi) is 7.00. The summed E-state index contributed by atoms with van der Waals surface area (Å²) in [6, 6.07) is 67.6. The van der Waals surface area contributed by atoms with Gasteiger partial charge in [0.15, 0.2) is 0 Å². The number of allylic oxidation sites excluding steroid dienone is 3. The molecule has 57 heavy (non-hydrogen) atoms. The molecule has 2 nitrogen and oxygen atoms in total. The first-order valence-electron chi connectivity index (χ1n) is 20.0. The van der Waals surface area contributed by atoms with Crippen LogP contribution in [0.5, 0.6) is 0 Å². The molecule has 2 heteroatoms. The minimum absolute atomic E-state index is 0.325. The van der Waals surface area contributed by atoms with Gasteiger partial charge in [-0.05, 0) is 122 Å². The topological polar surface area (TPSA) is 8.17 Å². The maximum absolute atomic E-state index is 2.48. The van der Waals surface area contributed by atoms with Crippen LogP contribution in [-0.2, 0) is 0 Å². The molecule has 0 radical (unpaired) electrons. The van der Waals surface area contributed by atoms with Crippen LogP contribution in [0.4, 0.5) is 11.4 Å². The van der Waals surface area contributed by atoms with E-state index in [9.17, 15) is 0 Å². The predicted molar refractivity (Wildman–Crippen MR) is 242 cm³/mol. The average molecular weight is 727 g/mol. The van der Waals surface area contributed by atoms with Crippen LogP contribution in [0, 0.1) is 6.92 Å². The van der Waals surface area contributed by atoms with E-state index in [2.05, 4.69) is 211 Å².